The van der Waals surface area contributed by atoms with E-state index in [1.165, 1.54) is 0 Å². The summed E-state index contributed by atoms with van der Waals surface area (Å²) in [6.07, 6.45) is 5.77. The van der Waals surface area contributed by atoms with E-state index in [0.717, 1.165) is 6.42 Å². The minimum absolute atomic E-state index is 0.345. The van der Waals surface area contributed by atoms with Gasteiger partial charge in [0.25, 0.3) is 0 Å². The van der Waals surface area contributed by atoms with Gasteiger partial charge in [-0.2, -0.15) is 0 Å². The Morgan fingerprint density at radius 3 is 2.50 bits per heavy atom. The fourth-order valence-corrected chi connectivity index (χ4v) is 1.26. The van der Waals surface area contributed by atoms with Crippen LogP contribution in [0.25, 0.3) is 0 Å². The topological polar surface area (TPSA) is 61.5 Å². The molecule has 0 aliphatic carbocycles. The molecule has 0 aliphatic heterocycles. The molecule has 0 saturated heterocycles. The Morgan fingerprint density at radius 1 is 1.39 bits per heavy atom. The summed E-state index contributed by atoms with van der Waals surface area (Å²) in [6.45, 7) is 9.51. The number of carbonyl (C=O) groups excluding carboxylic acids is 1. The molecule has 18 heavy (non-hydrogen) atoms. The molecule has 0 aromatic heterocycles. The predicted molar refractivity (Wildman–Crippen MR) is 72.6 cm³/mol. The van der Waals surface area contributed by atoms with Crippen LogP contribution in [0.4, 0.5) is 0 Å². The maximum Gasteiger partial charge on any atom is 0.347 e. The van der Waals surface area contributed by atoms with Crippen LogP contribution in [-0.4, -0.2) is 18.7 Å². The van der Waals surface area contributed by atoms with Crippen LogP contribution >= 0.6 is 0 Å². The smallest absolute Gasteiger partial charge is 0.347 e. The van der Waals surface area contributed by atoms with Crippen LogP contribution < -0.4 is 5.73 Å². The average molecular weight is 253 g/mol. The maximum absolute atomic E-state index is 11.7. The molecule has 0 fully saturated rings. The number of ether oxygens (including phenoxy) is 2. The first-order valence-electron chi connectivity index (χ1n) is 6.14. The highest BCUT2D eigenvalue weighted by Crippen LogP contribution is 2.11. The van der Waals surface area contributed by atoms with Gasteiger partial charge in [0.1, 0.15) is 5.76 Å². The van der Waals surface area contributed by atoms with Gasteiger partial charge in [-0.25, -0.2) is 4.79 Å². The Balaban J connectivity index is 4.72. The summed E-state index contributed by atoms with van der Waals surface area (Å²) in [4.78, 5) is 11.7. The summed E-state index contributed by atoms with van der Waals surface area (Å²) in [5.74, 6) is 0.159. The Labute approximate surface area is 109 Å². The number of carbonyl (C=O) groups is 1. The Morgan fingerprint density at radius 2 is 2.06 bits per heavy atom. The molecule has 102 valence electrons. The molecule has 0 aromatic carbocycles. The lowest BCUT2D eigenvalue weighted by Gasteiger charge is -2.17. The van der Waals surface area contributed by atoms with Crippen molar-refractivity contribution in [2.24, 2.45) is 5.73 Å². The van der Waals surface area contributed by atoms with Crippen LogP contribution in [0, 0.1) is 0 Å². The standard InChI is InChI=1S/C14H23NO3/c1-5-8-13(14(16)17-7-3)18-12(6-2)10-9-11(4)15/h6,9-10,13H,2,5,7-8,15H2,1,3-4H3/b11-9+,12-10+. The molecule has 0 rings (SSSR count). The van der Waals surface area contributed by atoms with E-state index in [1.54, 1.807) is 32.1 Å². The van der Waals surface area contributed by atoms with Gasteiger partial charge < -0.3 is 15.2 Å². The quantitative estimate of drug-likeness (QED) is 0.410. The lowest BCUT2D eigenvalue weighted by atomic mass is 10.2. The van der Waals surface area contributed by atoms with E-state index in [1.807, 2.05) is 6.92 Å². The highest BCUT2D eigenvalue weighted by Gasteiger charge is 2.20. The van der Waals surface area contributed by atoms with Crippen LogP contribution in [0.15, 0.2) is 36.3 Å². The second-order valence-electron chi connectivity index (χ2n) is 3.83. The monoisotopic (exact) mass is 253 g/mol. The first-order valence-corrected chi connectivity index (χ1v) is 6.14. The predicted octanol–water partition coefficient (Wildman–Crippen LogP) is 2.67. The van der Waals surface area contributed by atoms with Gasteiger partial charge in [-0.15, -0.1) is 0 Å². The molecule has 0 bridgehead atoms. The van der Waals surface area contributed by atoms with E-state index in [-0.39, 0.29) is 5.97 Å². The number of hydrogen-bond donors (Lipinski definition) is 1. The zero-order valence-corrected chi connectivity index (χ0v) is 11.4. The number of nitrogens with two attached hydrogens (primary N) is 1. The highest BCUT2D eigenvalue weighted by molar-refractivity contribution is 5.74. The molecule has 1 atom stereocenters. The van der Waals surface area contributed by atoms with Crippen molar-refractivity contribution in [3.05, 3.63) is 36.3 Å². The fraction of sp³-hybridized carbons (Fsp3) is 0.500. The molecule has 0 aromatic rings. The molecule has 0 spiro atoms. The van der Waals surface area contributed by atoms with Crippen molar-refractivity contribution in [2.75, 3.05) is 6.61 Å². The zero-order valence-electron chi connectivity index (χ0n) is 11.4. The van der Waals surface area contributed by atoms with Crippen molar-refractivity contribution in [3.8, 4) is 0 Å². The second kappa shape index (κ2) is 9.33. The molecule has 2 N–H and O–H groups in total. The number of allylic oxidation sites excluding steroid dienone is 4. The van der Waals surface area contributed by atoms with E-state index in [2.05, 4.69) is 6.58 Å². The molecule has 0 heterocycles. The van der Waals surface area contributed by atoms with Gasteiger partial charge in [-0.05, 0) is 38.5 Å². The summed E-state index contributed by atoms with van der Waals surface area (Å²) in [6, 6.07) is 0. The lowest BCUT2D eigenvalue weighted by Crippen LogP contribution is -2.26. The van der Waals surface area contributed by atoms with Gasteiger partial charge >= 0.3 is 5.97 Å². The second-order valence-corrected chi connectivity index (χ2v) is 3.83. The van der Waals surface area contributed by atoms with Gasteiger partial charge in [0.05, 0.1) is 6.61 Å². The van der Waals surface area contributed by atoms with Crippen molar-refractivity contribution in [3.63, 3.8) is 0 Å². The van der Waals surface area contributed by atoms with E-state index < -0.39 is 6.10 Å². The lowest BCUT2D eigenvalue weighted by molar-refractivity contribution is -0.154. The van der Waals surface area contributed by atoms with Crippen LogP contribution in [0.1, 0.15) is 33.6 Å². The number of esters is 1. The van der Waals surface area contributed by atoms with Gasteiger partial charge in [0, 0.05) is 5.70 Å². The fourth-order valence-electron chi connectivity index (χ4n) is 1.26. The summed E-state index contributed by atoms with van der Waals surface area (Å²) in [7, 11) is 0. The summed E-state index contributed by atoms with van der Waals surface area (Å²) in [5.41, 5.74) is 6.18. The minimum Gasteiger partial charge on any atom is -0.479 e. The third-order valence-electron chi connectivity index (χ3n) is 2.09. The normalized spacial score (nSPS) is 13.9. The van der Waals surface area contributed by atoms with E-state index in [9.17, 15) is 4.79 Å². The van der Waals surface area contributed by atoms with Crippen molar-refractivity contribution < 1.29 is 14.3 Å². The SMILES string of the molecule is C=C/C(=C\C=C(/C)N)OC(CCC)C(=O)OCC. The summed E-state index contributed by atoms with van der Waals surface area (Å²) < 4.78 is 10.5. The largest absolute Gasteiger partial charge is 0.479 e. The highest BCUT2D eigenvalue weighted by atomic mass is 16.6. The van der Waals surface area contributed by atoms with Crippen molar-refractivity contribution in [1.82, 2.24) is 0 Å². The van der Waals surface area contributed by atoms with Crippen LogP contribution in [0.5, 0.6) is 0 Å². The molecule has 4 heteroatoms. The zero-order chi connectivity index (χ0) is 14.0. The number of rotatable bonds is 8. The van der Waals surface area contributed by atoms with Gasteiger partial charge in [0.2, 0.25) is 0 Å². The third kappa shape index (κ3) is 6.78. The van der Waals surface area contributed by atoms with Crippen LogP contribution in [0.2, 0.25) is 0 Å². The summed E-state index contributed by atoms with van der Waals surface area (Å²) >= 11 is 0. The molecular formula is C14H23NO3. The van der Waals surface area contributed by atoms with Crippen molar-refractivity contribution >= 4 is 5.97 Å². The van der Waals surface area contributed by atoms with Crippen LogP contribution in [0.3, 0.4) is 0 Å². The molecule has 0 radical (unpaired) electrons. The average Bonchev–Trinajstić information content (AvgIpc) is 2.33. The van der Waals surface area contributed by atoms with Gasteiger partial charge in [-0.3, -0.25) is 0 Å². The van der Waals surface area contributed by atoms with E-state index in [4.69, 9.17) is 15.2 Å². The molecule has 0 amide bonds. The number of hydrogen-bond acceptors (Lipinski definition) is 4. The van der Waals surface area contributed by atoms with Crippen LogP contribution in [-0.2, 0) is 14.3 Å². The van der Waals surface area contributed by atoms with E-state index >= 15 is 0 Å². The van der Waals surface area contributed by atoms with Crippen molar-refractivity contribution in [2.45, 2.75) is 39.7 Å². The Bertz CT molecular complexity index is 328. The minimum atomic E-state index is -0.592. The Hall–Kier alpha value is -1.71. The first kappa shape index (κ1) is 16.3. The Kier molecular flexibility index (Phi) is 8.45. The van der Waals surface area contributed by atoms with Gasteiger partial charge in [0.15, 0.2) is 6.10 Å². The maximum atomic E-state index is 11.7. The molecule has 1 unspecified atom stereocenters. The molecular weight excluding hydrogens is 230 g/mol. The molecule has 0 aliphatic rings. The third-order valence-corrected chi connectivity index (χ3v) is 2.09. The van der Waals surface area contributed by atoms with Crippen molar-refractivity contribution in [1.29, 1.82) is 0 Å². The van der Waals surface area contributed by atoms with Gasteiger partial charge in [-0.1, -0.05) is 19.9 Å². The molecule has 4 nitrogen and oxygen atoms in total. The first-order chi connectivity index (χ1) is 8.54. The van der Waals surface area contributed by atoms with E-state index in [0.29, 0.717) is 24.5 Å². The summed E-state index contributed by atoms with van der Waals surface area (Å²) in [5, 5.41) is 0. The molecule has 0 saturated carbocycles.